The van der Waals surface area contributed by atoms with Gasteiger partial charge in [-0.05, 0) is 61.3 Å². The van der Waals surface area contributed by atoms with Gasteiger partial charge in [0.05, 0.1) is 12.0 Å². The van der Waals surface area contributed by atoms with Crippen molar-refractivity contribution >= 4 is 21.9 Å². The molecule has 0 aliphatic carbocycles. The zero-order chi connectivity index (χ0) is 17.1. The average molecular weight is 392 g/mol. The van der Waals surface area contributed by atoms with Crippen molar-refractivity contribution in [2.45, 2.75) is 18.9 Å². The fourth-order valence-electron chi connectivity index (χ4n) is 3.34. The van der Waals surface area contributed by atoms with Crippen molar-refractivity contribution < 1.29 is 14.3 Å². The summed E-state index contributed by atoms with van der Waals surface area (Å²) in [4.78, 5) is 13.5. The summed E-state index contributed by atoms with van der Waals surface area (Å²) in [6, 6.07) is 14.7. The quantitative estimate of drug-likeness (QED) is 0.835. The van der Waals surface area contributed by atoms with E-state index in [1.54, 1.807) is 0 Å². The Bertz CT molecular complexity index is 712. The van der Waals surface area contributed by atoms with Crippen molar-refractivity contribution in [1.29, 1.82) is 0 Å². The lowest BCUT2D eigenvalue weighted by atomic mass is 9.91. The molecule has 1 saturated heterocycles. The minimum atomic E-state index is -0.713. The Morgan fingerprint density at radius 3 is 2.38 bits per heavy atom. The molecule has 1 aliphatic rings. The van der Waals surface area contributed by atoms with E-state index in [9.17, 15) is 14.3 Å². The summed E-state index contributed by atoms with van der Waals surface area (Å²) in [6.07, 6.45) is 1.28. The van der Waals surface area contributed by atoms with Crippen LogP contribution in [0, 0.1) is 11.7 Å². The summed E-state index contributed by atoms with van der Waals surface area (Å²) in [6.45, 7) is 1.43. The van der Waals surface area contributed by atoms with E-state index < -0.39 is 5.97 Å². The summed E-state index contributed by atoms with van der Waals surface area (Å²) >= 11 is 3.51. The molecule has 1 heterocycles. The minimum Gasteiger partial charge on any atom is -0.481 e. The Balaban J connectivity index is 1.91. The Kier molecular flexibility index (Phi) is 5.31. The van der Waals surface area contributed by atoms with Crippen molar-refractivity contribution in [1.82, 2.24) is 4.90 Å². The summed E-state index contributed by atoms with van der Waals surface area (Å²) < 4.78 is 14.3. The lowest BCUT2D eigenvalue weighted by Crippen LogP contribution is -2.39. The van der Waals surface area contributed by atoms with E-state index in [0.29, 0.717) is 25.9 Å². The molecule has 2 aromatic carbocycles. The van der Waals surface area contributed by atoms with Crippen LogP contribution >= 0.6 is 15.9 Å². The number of benzene rings is 2. The van der Waals surface area contributed by atoms with Gasteiger partial charge in [-0.15, -0.1) is 0 Å². The minimum absolute atomic E-state index is 0.00200. The van der Waals surface area contributed by atoms with Crippen LogP contribution in [0.25, 0.3) is 0 Å². The highest BCUT2D eigenvalue weighted by atomic mass is 79.9. The second-order valence-corrected chi connectivity index (χ2v) is 7.07. The molecule has 3 nitrogen and oxygen atoms in total. The largest absolute Gasteiger partial charge is 0.481 e. The van der Waals surface area contributed by atoms with Crippen LogP contribution in [0.1, 0.15) is 30.0 Å². The van der Waals surface area contributed by atoms with Crippen molar-refractivity contribution in [3.05, 3.63) is 69.9 Å². The van der Waals surface area contributed by atoms with Crippen LogP contribution < -0.4 is 0 Å². The normalized spacial score (nSPS) is 17.6. The number of nitrogens with zero attached hydrogens (tertiary/aromatic N) is 1. The summed E-state index contributed by atoms with van der Waals surface area (Å²) in [5, 5.41) is 9.20. The van der Waals surface area contributed by atoms with E-state index in [0.717, 1.165) is 15.6 Å². The molecule has 126 valence electrons. The highest BCUT2D eigenvalue weighted by Gasteiger charge is 2.30. The highest BCUT2D eigenvalue weighted by molar-refractivity contribution is 9.10. The summed E-state index contributed by atoms with van der Waals surface area (Å²) in [7, 11) is 0. The van der Waals surface area contributed by atoms with Crippen LogP contribution in [0.15, 0.2) is 53.0 Å². The molecule has 0 spiro atoms. The Morgan fingerprint density at radius 1 is 1.12 bits per heavy atom. The molecule has 3 rings (SSSR count). The third-order valence-corrected chi connectivity index (χ3v) is 5.09. The van der Waals surface area contributed by atoms with E-state index in [2.05, 4.69) is 33.0 Å². The predicted octanol–water partition coefficient (Wildman–Crippen LogP) is 4.47. The first kappa shape index (κ1) is 17.1. The fourth-order valence-corrected chi connectivity index (χ4v) is 3.76. The van der Waals surface area contributed by atoms with Crippen molar-refractivity contribution in [3.63, 3.8) is 0 Å². The zero-order valence-corrected chi connectivity index (χ0v) is 14.7. The van der Waals surface area contributed by atoms with Gasteiger partial charge >= 0.3 is 5.97 Å². The SMILES string of the molecule is O=C(O)C1CCN(C(c2ccc(F)cc2)c2cccc(Br)c2)CC1. The number of carboxylic acid groups (broad SMARTS) is 1. The maximum Gasteiger partial charge on any atom is 0.306 e. The third kappa shape index (κ3) is 3.84. The molecule has 1 N–H and O–H groups in total. The van der Waals surface area contributed by atoms with Crippen LogP contribution in [0.4, 0.5) is 4.39 Å². The standard InChI is InChI=1S/C19H19BrFNO2/c20-16-3-1-2-15(12-16)18(13-4-6-17(21)7-5-13)22-10-8-14(9-11-22)19(23)24/h1-7,12,14,18H,8-11H2,(H,23,24). The summed E-state index contributed by atoms with van der Waals surface area (Å²) in [5.41, 5.74) is 2.13. The maximum atomic E-state index is 13.3. The number of hydrogen-bond acceptors (Lipinski definition) is 2. The highest BCUT2D eigenvalue weighted by Crippen LogP contribution is 2.33. The monoisotopic (exact) mass is 391 g/mol. The van der Waals surface area contributed by atoms with Crippen LogP contribution in [0.2, 0.25) is 0 Å². The number of carbonyl (C=O) groups is 1. The van der Waals surface area contributed by atoms with E-state index >= 15 is 0 Å². The molecular formula is C19H19BrFNO2. The maximum absolute atomic E-state index is 13.3. The van der Waals surface area contributed by atoms with Gasteiger partial charge in [-0.1, -0.05) is 40.2 Å². The average Bonchev–Trinajstić information content (AvgIpc) is 2.57. The Hall–Kier alpha value is -1.72. The first-order chi connectivity index (χ1) is 11.5. The van der Waals surface area contributed by atoms with E-state index in [-0.39, 0.29) is 17.8 Å². The van der Waals surface area contributed by atoms with Crippen molar-refractivity contribution in [2.24, 2.45) is 5.92 Å². The first-order valence-corrected chi connectivity index (χ1v) is 8.81. The molecule has 24 heavy (non-hydrogen) atoms. The molecule has 1 fully saturated rings. The van der Waals surface area contributed by atoms with Gasteiger partial charge in [-0.25, -0.2) is 4.39 Å². The lowest BCUT2D eigenvalue weighted by Gasteiger charge is -2.37. The number of hydrogen-bond donors (Lipinski definition) is 1. The number of piperidine rings is 1. The molecule has 2 aromatic rings. The predicted molar refractivity (Wildman–Crippen MR) is 94.3 cm³/mol. The molecule has 1 aliphatic heterocycles. The molecular weight excluding hydrogens is 373 g/mol. The first-order valence-electron chi connectivity index (χ1n) is 8.02. The lowest BCUT2D eigenvalue weighted by molar-refractivity contribution is -0.143. The molecule has 0 amide bonds. The summed E-state index contributed by atoms with van der Waals surface area (Å²) in [5.74, 6) is -1.23. The van der Waals surface area contributed by atoms with Crippen molar-refractivity contribution in [3.8, 4) is 0 Å². The van der Waals surface area contributed by atoms with Gasteiger partial charge in [-0.3, -0.25) is 9.69 Å². The fraction of sp³-hybridized carbons (Fsp3) is 0.316. The number of aliphatic carboxylic acids is 1. The molecule has 0 radical (unpaired) electrons. The number of halogens is 2. The second-order valence-electron chi connectivity index (χ2n) is 6.16. The van der Waals surface area contributed by atoms with Gasteiger partial charge in [0, 0.05) is 4.47 Å². The Morgan fingerprint density at radius 2 is 1.79 bits per heavy atom. The van der Waals surface area contributed by atoms with E-state index in [4.69, 9.17) is 0 Å². The van der Waals surface area contributed by atoms with Gasteiger partial charge in [0.25, 0.3) is 0 Å². The van der Waals surface area contributed by atoms with Crippen molar-refractivity contribution in [2.75, 3.05) is 13.1 Å². The van der Waals surface area contributed by atoms with Gasteiger partial charge in [0.15, 0.2) is 0 Å². The van der Waals surface area contributed by atoms with Gasteiger partial charge in [-0.2, -0.15) is 0 Å². The second kappa shape index (κ2) is 7.45. The van der Waals surface area contributed by atoms with E-state index in [1.807, 2.05) is 24.3 Å². The van der Waals surface area contributed by atoms with Crippen LogP contribution in [-0.4, -0.2) is 29.1 Å². The smallest absolute Gasteiger partial charge is 0.306 e. The number of carboxylic acids is 1. The van der Waals surface area contributed by atoms with Crippen LogP contribution in [-0.2, 0) is 4.79 Å². The van der Waals surface area contributed by atoms with Gasteiger partial charge in [0.1, 0.15) is 5.82 Å². The molecule has 1 unspecified atom stereocenters. The number of likely N-dealkylation sites (tertiary alicyclic amines) is 1. The topological polar surface area (TPSA) is 40.5 Å². The number of rotatable bonds is 4. The molecule has 0 saturated carbocycles. The molecule has 1 atom stereocenters. The van der Waals surface area contributed by atoms with Crippen LogP contribution in [0.5, 0.6) is 0 Å². The Labute approximate surface area is 149 Å². The molecule has 0 bridgehead atoms. The third-order valence-electron chi connectivity index (χ3n) is 4.59. The molecule has 0 aromatic heterocycles. The zero-order valence-electron chi connectivity index (χ0n) is 13.2. The van der Waals surface area contributed by atoms with Gasteiger partial charge < -0.3 is 5.11 Å². The molecule has 5 heteroatoms. The van der Waals surface area contributed by atoms with Gasteiger partial charge in [0.2, 0.25) is 0 Å². The van der Waals surface area contributed by atoms with E-state index in [1.165, 1.54) is 12.1 Å². The van der Waals surface area contributed by atoms with Crippen LogP contribution in [0.3, 0.4) is 0 Å².